The summed E-state index contributed by atoms with van der Waals surface area (Å²) in [6.07, 6.45) is 5.58. The lowest BCUT2D eigenvalue weighted by molar-refractivity contribution is -0.149. The second kappa shape index (κ2) is 4.89. The molecule has 1 aliphatic carbocycles. The highest BCUT2D eigenvalue weighted by Gasteiger charge is 2.45. The second-order valence-corrected chi connectivity index (χ2v) is 5.77. The summed E-state index contributed by atoms with van der Waals surface area (Å²) in [6.45, 7) is 4.23. The Morgan fingerprint density at radius 2 is 2.15 bits per heavy atom. The van der Waals surface area contributed by atoms with E-state index in [1.54, 1.807) is 24.2 Å². The van der Waals surface area contributed by atoms with Gasteiger partial charge in [-0.2, -0.15) is 0 Å². The summed E-state index contributed by atoms with van der Waals surface area (Å²) in [4.78, 5) is 30.4. The van der Waals surface area contributed by atoms with Crippen molar-refractivity contribution in [2.75, 3.05) is 0 Å². The van der Waals surface area contributed by atoms with Crippen molar-refractivity contribution in [1.82, 2.24) is 15.2 Å². The van der Waals surface area contributed by atoms with Crippen LogP contribution in [0.15, 0.2) is 18.5 Å². The van der Waals surface area contributed by atoms with E-state index in [2.05, 4.69) is 10.3 Å². The molecule has 5 heteroatoms. The van der Waals surface area contributed by atoms with Gasteiger partial charge in [0.05, 0.1) is 0 Å². The highest BCUT2D eigenvalue weighted by atomic mass is 16.2. The van der Waals surface area contributed by atoms with Gasteiger partial charge in [-0.25, -0.2) is 0 Å². The second-order valence-electron chi connectivity index (χ2n) is 5.77. The van der Waals surface area contributed by atoms with Gasteiger partial charge in [0.25, 0.3) is 0 Å². The minimum Gasteiger partial charge on any atom is -0.342 e. The quantitative estimate of drug-likeness (QED) is 0.894. The first-order valence-electron chi connectivity index (χ1n) is 7.08. The van der Waals surface area contributed by atoms with Gasteiger partial charge in [0.1, 0.15) is 12.1 Å². The predicted molar refractivity (Wildman–Crippen MR) is 73.6 cm³/mol. The lowest BCUT2D eigenvalue weighted by Crippen LogP contribution is -2.62. The van der Waals surface area contributed by atoms with Crippen LogP contribution in [0.4, 0.5) is 0 Å². The van der Waals surface area contributed by atoms with E-state index in [-0.39, 0.29) is 17.9 Å². The van der Waals surface area contributed by atoms with Crippen LogP contribution in [0.3, 0.4) is 0 Å². The number of piperazine rings is 1. The normalized spacial score (nSPS) is 26.6. The summed E-state index contributed by atoms with van der Waals surface area (Å²) >= 11 is 0. The molecule has 0 spiro atoms. The van der Waals surface area contributed by atoms with Crippen molar-refractivity contribution >= 4 is 11.8 Å². The number of carbonyl (C=O) groups excluding carboxylic acids is 2. The van der Waals surface area contributed by atoms with Gasteiger partial charge in [-0.05, 0) is 49.8 Å². The number of hydrogen-bond donors (Lipinski definition) is 1. The minimum absolute atomic E-state index is 0.0480. The minimum atomic E-state index is -0.412. The molecule has 3 rings (SSSR count). The zero-order valence-corrected chi connectivity index (χ0v) is 11.8. The third-order valence-corrected chi connectivity index (χ3v) is 4.26. The topological polar surface area (TPSA) is 62.3 Å². The van der Waals surface area contributed by atoms with Crippen molar-refractivity contribution in [1.29, 1.82) is 0 Å². The number of aryl methyl sites for hydroxylation is 1. The molecule has 0 radical (unpaired) electrons. The fourth-order valence-corrected chi connectivity index (χ4v) is 2.67. The van der Waals surface area contributed by atoms with E-state index >= 15 is 0 Å². The van der Waals surface area contributed by atoms with E-state index in [0.717, 1.165) is 24.0 Å². The molecular formula is C15H19N3O2. The van der Waals surface area contributed by atoms with Crippen LogP contribution in [0.1, 0.15) is 30.9 Å². The Hall–Kier alpha value is -1.91. The first-order valence-corrected chi connectivity index (χ1v) is 7.08. The van der Waals surface area contributed by atoms with E-state index in [1.807, 2.05) is 13.0 Å². The van der Waals surface area contributed by atoms with Gasteiger partial charge in [-0.15, -0.1) is 0 Å². The molecule has 2 fully saturated rings. The molecule has 0 bridgehead atoms. The third kappa shape index (κ3) is 2.28. The number of nitrogens with one attached hydrogen (secondary N) is 1. The fourth-order valence-electron chi connectivity index (χ4n) is 2.67. The highest BCUT2D eigenvalue weighted by Crippen LogP contribution is 2.35. The lowest BCUT2D eigenvalue weighted by Gasteiger charge is -2.37. The number of pyridine rings is 1. The third-order valence-electron chi connectivity index (χ3n) is 4.26. The van der Waals surface area contributed by atoms with E-state index < -0.39 is 6.04 Å². The largest absolute Gasteiger partial charge is 0.342 e. The van der Waals surface area contributed by atoms with Crippen molar-refractivity contribution in [2.24, 2.45) is 5.92 Å². The number of nitrogens with zero attached hydrogens (tertiary/aromatic N) is 2. The molecule has 2 unspecified atom stereocenters. The molecule has 1 saturated heterocycles. The lowest BCUT2D eigenvalue weighted by atomic mass is 10.0. The van der Waals surface area contributed by atoms with Crippen LogP contribution < -0.4 is 5.32 Å². The van der Waals surface area contributed by atoms with Gasteiger partial charge in [0, 0.05) is 18.9 Å². The maximum Gasteiger partial charge on any atom is 0.246 e. The van der Waals surface area contributed by atoms with Crippen LogP contribution in [0.2, 0.25) is 0 Å². The van der Waals surface area contributed by atoms with Gasteiger partial charge >= 0.3 is 0 Å². The molecule has 106 valence electrons. The maximum absolute atomic E-state index is 12.6. The average molecular weight is 273 g/mol. The van der Waals surface area contributed by atoms with Crippen LogP contribution in [-0.4, -0.2) is 33.8 Å². The summed E-state index contributed by atoms with van der Waals surface area (Å²) in [5, 5.41) is 2.87. The summed E-state index contributed by atoms with van der Waals surface area (Å²) in [6, 6.07) is 1.18. The summed E-state index contributed by atoms with van der Waals surface area (Å²) in [5.41, 5.74) is 2.09. The van der Waals surface area contributed by atoms with E-state index in [9.17, 15) is 9.59 Å². The van der Waals surface area contributed by atoms with Crippen LogP contribution in [0.5, 0.6) is 0 Å². The Morgan fingerprint density at radius 1 is 1.40 bits per heavy atom. The molecular weight excluding hydrogens is 254 g/mol. The van der Waals surface area contributed by atoms with Crippen LogP contribution in [-0.2, 0) is 16.1 Å². The first kappa shape index (κ1) is 13.1. The van der Waals surface area contributed by atoms with Crippen molar-refractivity contribution in [3.05, 3.63) is 29.6 Å². The van der Waals surface area contributed by atoms with Crippen molar-refractivity contribution in [3.8, 4) is 0 Å². The molecule has 1 N–H and O–H groups in total. The average Bonchev–Trinajstić information content (AvgIpc) is 3.25. The van der Waals surface area contributed by atoms with Crippen molar-refractivity contribution in [3.63, 3.8) is 0 Å². The molecule has 2 amide bonds. The van der Waals surface area contributed by atoms with Gasteiger partial charge < -0.3 is 10.2 Å². The predicted octanol–water partition coefficient (Wildman–Crippen LogP) is 1.02. The molecule has 1 aromatic heterocycles. The first-order chi connectivity index (χ1) is 9.58. The van der Waals surface area contributed by atoms with E-state index in [1.165, 1.54) is 0 Å². The Labute approximate surface area is 118 Å². The number of aromatic nitrogens is 1. The van der Waals surface area contributed by atoms with Crippen LogP contribution in [0.25, 0.3) is 0 Å². The Balaban J connectivity index is 1.83. The SMILES string of the molecule is Cc1cnccc1CN1C(=O)C(C2CC2)NC(=O)C1C. The fraction of sp³-hybridized carbons (Fsp3) is 0.533. The van der Waals surface area contributed by atoms with Gasteiger partial charge in [-0.3, -0.25) is 14.6 Å². The zero-order valence-electron chi connectivity index (χ0n) is 11.8. The summed E-state index contributed by atoms with van der Waals surface area (Å²) in [7, 11) is 0. The number of rotatable bonds is 3. The Kier molecular flexibility index (Phi) is 3.20. The number of amides is 2. The van der Waals surface area contributed by atoms with E-state index in [4.69, 9.17) is 0 Å². The molecule has 5 nitrogen and oxygen atoms in total. The number of carbonyl (C=O) groups is 2. The summed E-state index contributed by atoms with van der Waals surface area (Å²) < 4.78 is 0. The Morgan fingerprint density at radius 3 is 2.80 bits per heavy atom. The van der Waals surface area contributed by atoms with Crippen molar-refractivity contribution in [2.45, 2.75) is 45.3 Å². The maximum atomic E-state index is 12.6. The monoisotopic (exact) mass is 273 g/mol. The molecule has 20 heavy (non-hydrogen) atoms. The van der Waals surface area contributed by atoms with Crippen LogP contribution in [0, 0.1) is 12.8 Å². The van der Waals surface area contributed by atoms with Gasteiger partial charge in [0.2, 0.25) is 11.8 Å². The molecule has 1 aliphatic heterocycles. The number of hydrogen-bond acceptors (Lipinski definition) is 3. The van der Waals surface area contributed by atoms with Gasteiger partial charge in [-0.1, -0.05) is 0 Å². The molecule has 2 aliphatic rings. The molecule has 1 saturated carbocycles. The highest BCUT2D eigenvalue weighted by molar-refractivity contribution is 5.97. The standard InChI is InChI=1S/C15H19N3O2/c1-9-7-16-6-5-12(9)8-18-10(2)14(19)17-13(15(18)20)11-3-4-11/h5-7,10-11,13H,3-4,8H2,1-2H3,(H,17,19). The molecule has 0 aromatic carbocycles. The Bertz CT molecular complexity index is 554. The van der Waals surface area contributed by atoms with Crippen LogP contribution >= 0.6 is 0 Å². The summed E-state index contributed by atoms with van der Waals surface area (Å²) in [5.74, 6) is 0.337. The molecule has 2 heterocycles. The molecule has 2 atom stereocenters. The molecule has 1 aromatic rings. The van der Waals surface area contributed by atoms with Crippen molar-refractivity contribution < 1.29 is 9.59 Å². The van der Waals surface area contributed by atoms with Gasteiger partial charge in [0.15, 0.2) is 0 Å². The zero-order chi connectivity index (χ0) is 14.3. The van der Waals surface area contributed by atoms with E-state index in [0.29, 0.717) is 12.5 Å². The smallest absolute Gasteiger partial charge is 0.246 e.